The molecule has 5 aromatic rings. The van der Waals surface area contributed by atoms with Crippen molar-refractivity contribution in [3.8, 4) is 0 Å². The van der Waals surface area contributed by atoms with E-state index in [0.29, 0.717) is 6.42 Å². The van der Waals surface area contributed by atoms with Gasteiger partial charge in [-0.05, 0) is 64.3 Å². The Morgan fingerprint density at radius 1 is 0.417 bits per heavy atom. The van der Waals surface area contributed by atoms with Gasteiger partial charge in [0.15, 0.2) is 0 Å². The molecule has 1 N–H and O–H groups in total. The SMILES string of the molecule is C1=CC2=C(c3ccccc3)C3=CN=C(C3)C(c3ccccc3)=C3C=CC(=N3)C(c3ccccc3)=c3ccc([nH]3)=C(c3ccccc3)C1=N2. The predicted molar refractivity (Wildman–Crippen MR) is 198 cm³/mol. The summed E-state index contributed by atoms with van der Waals surface area (Å²) in [5, 5.41) is 1.99. The van der Waals surface area contributed by atoms with Crippen LogP contribution in [0.25, 0.3) is 22.3 Å². The molecule has 0 fully saturated rings. The number of aromatic nitrogens is 1. The van der Waals surface area contributed by atoms with Gasteiger partial charge in [-0.2, -0.15) is 0 Å². The van der Waals surface area contributed by atoms with E-state index in [1.54, 1.807) is 0 Å². The van der Waals surface area contributed by atoms with Crippen molar-refractivity contribution in [2.45, 2.75) is 6.42 Å². The molecule has 1 aromatic heterocycles. The van der Waals surface area contributed by atoms with Gasteiger partial charge >= 0.3 is 0 Å². The Morgan fingerprint density at radius 2 is 0.833 bits per heavy atom. The van der Waals surface area contributed by atoms with Crippen molar-refractivity contribution in [1.29, 1.82) is 0 Å². The smallest absolute Gasteiger partial charge is 0.0737 e. The lowest BCUT2D eigenvalue weighted by Crippen LogP contribution is -2.21. The number of nitrogens with one attached hydrogen (secondary N) is 1. The molecule has 0 spiro atoms. The van der Waals surface area contributed by atoms with Gasteiger partial charge in [0.25, 0.3) is 0 Å². The van der Waals surface area contributed by atoms with Gasteiger partial charge in [0.1, 0.15) is 0 Å². The summed E-state index contributed by atoms with van der Waals surface area (Å²) in [5.74, 6) is 0. The number of H-pyrrole nitrogens is 1. The zero-order valence-corrected chi connectivity index (χ0v) is 26.1. The largest absolute Gasteiger partial charge is 0.354 e. The highest BCUT2D eigenvalue weighted by Crippen LogP contribution is 2.39. The molecule has 0 atom stereocenters. The van der Waals surface area contributed by atoms with Gasteiger partial charge in [-0.1, -0.05) is 121 Å². The van der Waals surface area contributed by atoms with E-state index in [9.17, 15) is 0 Å². The van der Waals surface area contributed by atoms with Gasteiger partial charge in [-0.15, -0.1) is 0 Å². The zero-order chi connectivity index (χ0) is 31.9. The van der Waals surface area contributed by atoms with Crippen molar-refractivity contribution in [2.24, 2.45) is 15.0 Å². The van der Waals surface area contributed by atoms with Crippen molar-refractivity contribution >= 4 is 39.4 Å². The topological polar surface area (TPSA) is 52.9 Å². The summed E-state index contributed by atoms with van der Waals surface area (Å²) in [6, 6.07) is 46.4. The number of hydrogen-bond acceptors (Lipinski definition) is 3. The third kappa shape index (κ3) is 4.91. The van der Waals surface area contributed by atoms with Crippen LogP contribution >= 0.6 is 0 Å². The fourth-order valence-electron chi connectivity index (χ4n) is 6.96. The number of allylic oxidation sites excluding steroid dienone is 7. The van der Waals surface area contributed by atoms with Gasteiger partial charge in [0, 0.05) is 45.6 Å². The molecular formula is C44H30N4. The Kier molecular flexibility index (Phi) is 6.83. The van der Waals surface area contributed by atoms with Crippen LogP contribution in [-0.4, -0.2) is 22.1 Å². The Labute approximate surface area is 279 Å². The number of benzene rings is 4. The molecule has 4 heteroatoms. The van der Waals surface area contributed by atoms with E-state index >= 15 is 0 Å². The maximum Gasteiger partial charge on any atom is 0.0737 e. The summed E-state index contributed by atoms with van der Waals surface area (Å²) in [5.41, 5.74) is 14.4. The first-order chi connectivity index (χ1) is 23.8. The summed E-state index contributed by atoms with van der Waals surface area (Å²) in [7, 11) is 0. The van der Waals surface area contributed by atoms with Crippen LogP contribution in [0.15, 0.2) is 196 Å². The lowest BCUT2D eigenvalue weighted by Gasteiger charge is -2.14. The molecule has 4 aliphatic rings. The number of aliphatic imine (C=N–C) groups is 3. The Morgan fingerprint density at radius 3 is 1.31 bits per heavy atom. The third-order valence-electron chi connectivity index (χ3n) is 9.12. The van der Waals surface area contributed by atoms with Gasteiger partial charge in [-0.3, -0.25) is 4.99 Å². The summed E-state index contributed by atoms with van der Waals surface area (Å²) in [4.78, 5) is 19.6. The summed E-state index contributed by atoms with van der Waals surface area (Å²) >= 11 is 0. The minimum atomic E-state index is 0.668. The fraction of sp³-hybridized carbons (Fsp3) is 0.0227. The molecule has 0 saturated carbocycles. The lowest BCUT2D eigenvalue weighted by atomic mass is 9.90. The molecule has 0 amide bonds. The first-order valence-corrected chi connectivity index (χ1v) is 16.2. The van der Waals surface area contributed by atoms with E-state index in [-0.39, 0.29) is 0 Å². The van der Waals surface area contributed by atoms with Crippen LogP contribution in [0.2, 0.25) is 0 Å². The minimum absolute atomic E-state index is 0.668. The molecule has 5 heterocycles. The average molecular weight is 615 g/mol. The molecule has 4 aliphatic heterocycles. The van der Waals surface area contributed by atoms with Crippen LogP contribution in [0, 0.1) is 0 Å². The highest BCUT2D eigenvalue weighted by molar-refractivity contribution is 6.34. The van der Waals surface area contributed by atoms with Crippen LogP contribution in [-0.2, 0) is 0 Å². The summed E-state index contributed by atoms with van der Waals surface area (Å²) in [6.07, 6.45) is 11.3. The van der Waals surface area contributed by atoms with Gasteiger partial charge < -0.3 is 4.98 Å². The Bertz CT molecular complexity index is 2290. The number of fused-ring (bicyclic) bond motifs is 6. The van der Waals surface area contributed by atoms with E-state index in [0.717, 1.165) is 89.3 Å². The Balaban J connectivity index is 1.39. The molecule has 0 radical (unpaired) electrons. The Hall–Kier alpha value is -6.39. The maximum absolute atomic E-state index is 5.36. The summed E-state index contributed by atoms with van der Waals surface area (Å²) in [6.45, 7) is 0. The van der Waals surface area contributed by atoms with Crippen molar-refractivity contribution in [3.63, 3.8) is 0 Å². The zero-order valence-electron chi connectivity index (χ0n) is 26.1. The van der Waals surface area contributed by atoms with Crippen molar-refractivity contribution in [1.82, 2.24) is 4.98 Å². The van der Waals surface area contributed by atoms with E-state index in [2.05, 4.69) is 151 Å². The molecule has 226 valence electrons. The average Bonchev–Trinajstić information content (AvgIpc) is 3.98. The molecule has 0 aliphatic carbocycles. The normalized spacial score (nSPS) is 16.8. The first kappa shape index (κ1) is 27.9. The van der Waals surface area contributed by atoms with E-state index < -0.39 is 0 Å². The fourth-order valence-corrected chi connectivity index (χ4v) is 6.96. The van der Waals surface area contributed by atoms with Crippen LogP contribution in [0.5, 0.6) is 0 Å². The second-order valence-electron chi connectivity index (χ2n) is 12.1. The van der Waals surface area contributed by atoms with E-state index in [1.165, 1.54) is 0 Å². The van der Waals surface area contributed by atoms with Crippen molar-refractivity contribution < 1.29 is 0 Å². The second kappa shape index (κ2) is 11.8. The number of aromatic amines is 1. The van der Waals surface area contributed by atoms with Gasteiger partial charge in [0.05, 0.1) is 28.5 Å². The summed E-state index contributed by atoms with van der Waals surface area (Å²) < 4.78 is 0. The van der Waals surface area contributed by atoms with E-state index in [4.69, 9.17) is 15.0 Å². The number of rotatable bonds is 4. The third-order valence-corrected chi connectivity index (χ3v) is 9.12. The lowest BCUT2D eigenvalue weighted by molar-refractivity contribution is 1.25. The number of hydrogen-bond donors (Lipinski definition) is 1. The standard InChI is InChI=1S/C44H30N4/c1-5-13-29(14-6-1)41-33-27-40(45-28-33)44(32-19-11-4-12-20-32)39-26-25-38(48-39)43(31-17-9-3-10-18-31)37-24-23-36(47-37)42(30-15-7-2-8-16-30)35-22-21-34(41)46-35/h1-26,28,47H,27H2. The van der Waals surface area contributed by atoms with Gasteiger partial charge in [-0.25, -0.2) is 9.98 Å². The molecule has 0 unspecified atom stereocenters. The van der Waals surface area contributed by atoms with Crippen LogP contribution in [0.1, 0.15) is 28.7 Å². The van der Waals surface area contributed by atoms with Crippen molar-refractivity contribution in [3.05, 3.63) is 214 Å². The minimum Gasteiger partial charge on any atom is -0.354 e. The molecule has 9 rings (SSSR count). The molecule has 0 saturated heterocycles. The second-order valence-corrected chi connectivity index (χ2v) is 12.1. The van der Waals surface area contributed by atoms with Crippen LogP contribution in [0.4, 0.5) is 0 Å². The predicted octanol–water partition coefficient (Wildman–Crippen LogP) is 8.00. The van der Waals surface area contributed by atoms with Gasteiger partial charge in [0.2, 0.25) is 0 Å². The van der Waals surface area contributed by atoms with E-state index in [1.807, 2.05) is 18.3 Å². The monoisotopic (exact) mass is 614 g/mol. The first-order valence-electron chi connectivity index (χ1n) is 16.2. The molecule has 48 heavy (non-hydrogen) atoms. The quantitative estimate of drug-likeness (QED) is 0.213. The maximum atomic E-state index is 5.36. The molecule has 8 bridgehead atoms. The highest BCUT2D eigenvalue weighted by Gasteiger charge is 2.27. The molecular weight excluding hydrogens is 585 g/mol. The van der Waals surface area contributed by atoms with Crippen molar-refractivity contribution in [2.75, 3.05) is 0 Å². The highest BCUT2D eigenvalue weighted by atomic mass is 14.8. The van der Waals surface area contributed by atoms with Crippen LogP contribution < -0.4 is 10.7 Å². The number of nitrogens with zero attached hydrogens (tertiary/aromatic N) is 3. The molecule has 4 nitrogen and oxygen atoms in total. The molecule has 4 aromatic carbocycles. The van der Waals surface area contributed by atoms with Crippen LogP contribution in [0.3, 0.4) is 0 Å².